The molecule has 0 unspecified atom stereocenters. The SMILES string of the molecule is CCc1nn(C)cc1CNC(=O)[C@@H]1CC=CC[C@@H]1C(=O)O. The van der Waals surface area contributed by atoms with E-state index in [1.165, 1.54) is 0 Å². The molecule has 1 aliphatic carbocycles. The van der Waals surface area contributed by atoms with Crippen molar-refractivity contribution in [1.29, 1.82) is 0 Å². The molecule has 2 N–H and O–H groups in total. The maximum absolute atomic E-state index is 12.3. The summed E-state index contributed by atoms with van der Waals surface area (Å²) >= 11 is 0. The van der Waals surface area contributed by atoms with Crippen LogP contribution in [0.2, 0.25) is 0 Å². The molecule has 1 heterocycles. The van der Waals surface area contributed by atoms with Crippen LogP contribution in [0.5, 0.6) is 0 Å². The number of aliphatic carboxylic acids is 1. The molecule has 2 rings (SSSR count). The summed E-state index contributed by atoms with van der Waals surface area (Å²) in [5.74, 6) is -2.23. The third kappa shape index (κ3) is 3.51. The molecule has 1 aliphatic rings. The van der Waals surface area contributed by atoms with Crippen LogP contribution in [0.3, 0.4) is 0 Å². The van der Waals surface area contributed by atoms with Gasteiger partial charge in [-0.3, -0.25) is 14.3 Å². The smallest absolute Gasteiger partial charge is 0.307 e. The van der Waals surface area contributed by atoms with Crippen LogP contribution in [0.1, 0.15) is 31.0 Å². The van der Waals surface area contributed by atoms with Crippen LogP contribution in [-0.2, 0) is 29.6 Å². The lowest BCUT2D eigenvalue weighted by molar-refractivity contribution is -0.147. The number of carboxylic acids is 1. The van der Waals surface area contributed by atoms with E-state index in [2.05, 4.69) is 10.4 Å². The van der Waals surface area contributed by atoms with Crippen molar-refractivity contribution >= 4 is 11.9 Å². The number of aromatic nitrogens is 2. The number of carboxylic acid groups (broad SMARTS) is 1. The highest BCUT2D eigenvalue weighted by molar-refractivity contribution is 5.85. The van der Waals surface area contributed by atoms with Gasteiger partial charge in [-0.25, -0.2) is 0 Å². The number of allylic oxidation sites excluding steroid dienone is 2. The molecule has 1 aromatic rings. The molecule has 0 aromatic carbocycles. The Balaban J connectivity index is 2.00. The first-order chi connectivity index (χ1) is 10.0. The minimum Gasteiger partial charge on any atom is -0.481 e. The first-order valence-corrected chi connectivity index (χ1v) is 7.19. The summed E-state index contributed by atoms with van der Waals surface area (Å²) in [6.45, 7) is 2.41. The highest BCUT2D eigenvalue weighted by Gasteiger charge is 2.33. The van der Waals surface area contributed by atoms with E-state index in [0.717, 1.165) is 17.7 Å². The molecule has 1 amide bonds. The predicted octanol–water partition coefficient (Wildman–Crippen LogP) is 1.27. The maximum Gasteiger partial charge on any atom is 0.307 e. The summed E-state index contributed by atoms with van der Waals surface area (Å²) in [6, 6.07) is 0. The van der Waals surface area contributed by atoms with Crippen molar-refractivity contribution in [3.63, 3.8) is 0 Å². The summed E-state index contributed by atoms with van der Waals surface area (Å²) < 4.78 is 1.73. The van der Waals surface area contributed by atoms with Gasteiger partial charge < -0.3 is 10.4 Å². The quantitative estimate of drug-likeness (QED) is 0.800. The van der Waals surface area contributed by atoms with Crippen molar-refractivity contribution in [2.24, 2.45) is 18.9 Å². The monoisotopic (exact) mass is 291 g/mol. The second-order valence-corrected chi connectivity index (χ2v) is 5.34. The Morgan fingerprint density at radius 3 is 2.67 bits per heavy atom. The molecule has 0 saturated heterocycles. The summed E-state index contributed by atoms with van der Waals surface area (Å²) in [6.07, 6.45) is 7.30. The van der Waals surface area contributed by atoms with Gasteiger partial charge in [0.25, 0.3) is 0 Å². The summed E-state index contributed by atoms with van der Waals surface area (Å²) in [5.41, 5.74) is 1.93. The van der Waals surface area contributed by atoms with Crippen LogP contribution < -0.4 is 5.32 Å². The second kappa shape index (κ2) is 6.56. The van der Waals surface area contributed by atoms with Crippen LogP contribution >= 0.6 is 0 Å². The Morgan fingerprint density at radius 1 is 1.38 bits per heavy atom. The minimum absolute atomic E-state index is 0.197. The molecular weight excluding hydrogens is 270 g/mol. The fourth-order valence-electron chi connectivity index (χ4n) is 2.72. The van der Waals surface area contributed by atoms with E-state index in [0.29, 0.717) is 19.4 Å². The molecule has 6 nitrogen and oxygen atoms in total. The number of aryl methyl sites for hydroxylation is 2. The van der Waals surface area contributed by atoms with Gasteiger partial charge in [-0.1, -0.05) is 19.1 Å². The van der Waals surface area contributed by atoms with Crippen LogP contribution in [0.4, 0.5) is 0 Å². The first-order valence-electron chi connectivity index (χ1n) is 7.19. The molecule has 0 spiro atoms. The van der Waals surface area contributed by atoms with E-state index in [4.69, 9.17) is 0 Å². The number of hydrogen-bond donors (Lipinski definition) is 2. The molecule has 1 aromatic heterocycles. The molecule has 21 heavy (non-hydrogen) atoms. The highest BCUT2D eigenvalue weighted by atomic mass is 16.4. The molecule has 114 valence electrons. The number of hydrogen-bond acceptors (Lipinski definition) is 3. The van der Waals surface area contributed by atoms with E-state index >= 15 is 0 Å². The summed E-state index contributed by atoms with van der Waals surface area (Å²) in [5, 5.41) is 16.4. The molecule has 0 fully saturated rings. The van der Waals surface area contributed by atoms with Crippen LogP contribution in [-0.4, -0.2) is 26.8 Å². The fourth-order valence-corrected chi connectivity index (χ4v) is 2.72. The number of carbonyl (C=O) groups excluding carboxylic acids is 1. The summed E-state index contributed by atoms with van der Waals surface area (Å²) in [7, 11) is 1.84. The van der Waals surface area contributed by atoms with E-state index in [-0.39, 0.29) is 5.91 Å². The van der Waals surface area contributed by atoms with E-state index in [1.807, 2.05) is 32.3 Å². The van der Waals surface area contributed by atoms with Crippen molar-refractivity contribution in [3.05, 3.63) is 29.6 Å². The van der Waals surface area contributed by atoms with Crippen LogP contribution in [0.15, 0.2) is 18.3 Å². The number of carbonyl (C=O) groups is 2. The van der Waals surface area contributed by atoms with Gasteiger partial charge >= 0.3 is 5.97 Å². The maximum atomic E-state index is 12.3. The van der Waals surface area contributed by atoms with Crippen molar-refractivity contribution in [3.8, 4) is 0 Å². The zero-order valence-electron chi connectivity index (χ0n) is 12.4. The van der Waals surface area contributed by atoms with Crippen LogP contribution in [0, 0.1) is 11.8 Å². The molecule has 0 aliphatic heterocycles. The van der Waals surface area contributed by atoms with Crippen molar-refractivity contribution < 1.29 is 14.7 Å². The predicted molar refractivity (Wildman–Crippen MR) is 77.4 cm³/mol. The van der Waals surface area contributed by atoms with Gasteiger partial charge in [0.1, 0.15) is 0 Å². The third-order valence-corrected chi connectivity index (χ3v) is 3.87. The minimum atomic E-state index is -0.907. The van der Waals surface area contributed by atoms with Gasteiger partial charge in [0.15, 0.2) is 0 Å². The van der Waals surface area contributed by atoms with Gasteiger partial charge in [-0.15, -0.1) is 0 Å². The number of amides is 1. The third-order valence-electron chi connectivity index (χ3n) is 3.87. The van der Waals surface area contributed by atoms with Gasteiger partial charge in [-0.05, 0) is 19.3 Å². The number of rotatable bonds is 5. The van der Waals surface area contributed by atoms with Gasteiger partial charge in [0.2, 0.25) is 5.91 Å². The topological polar surface area (TPSA) is 84.2 Å². The zero-order chi connectivity index (χ0) is 15.4. The average Bonchev–Trinajstić information content (AvgIpc) is 2.84. The molecule has 2 atom stereocenters. The summed E-state index contributed by atoms with van der Waals surface area (Å²) in [4.78, 5) is 23.5. The Morgan fingerprint density at radius 2 is 2.05 bits per heavy atom. The molecule has 0 radical (unpaired) electrons. The van der Waals surface area contributed by atoms with Crippen molar-refractivity contribution in [2.75, 3.05) is 0 Å². The van der Waals surface area contributed by atoms with Crippen molar-refractivity contribution in [2.45, 2.75) is 32.7 Å². The Bertz CT molecular complexity index is 563. The number of nitrogens with one attached hydrogen (secondary N) is 1. The van der Waals surface area contributed by atoms with Gasteiger partial charge in [0, 0.05) is 25.4 Å². The lowest BCUT2D eigenvalue weighted by atomic mass is 9.82. The normalized spacial score (nSPS) is 21.2. The number of nitrogens with zero attached hydrogens (tertiary/aromatic N) is 2. The van der Waals surface area contributed by atoms with Gasteiger partial charge in [-0.2, -0.15) is 5.10 Å². The molecule has 0 bridgehead atoms. The Kier molecular flexibility index (Phi) is 4.77. The second-order valence-electron chi connectivity index (χ2n) is 5.34. The average molecular weight is 291 g/mol. The molecule has 0 saturated carbocycles. The largest absolute Gasteiger partial charge is 0.481 e. The highest BCUT2D eigenvalue weighted by Crippen LogP contribution is 2.26. The van der Waals surface area contributed by atoms with Crippen LogP contribution in [0.25, 0.3) is 0 Å². The Labute approximate surface area is 123 Å². The lowest BCUT2D eigenvalue weighted by Gasteiger charge is -2.24. The lowest BCUT2D eigenvalue weighted by Crippen LogP contribution is -2.38. The van der Waals surface area contributed by atoms with E-state index in [1.54, 1.807) is 4.68 Å². The zero-order valence-corrected chi connectivity index (χ0v) is 12.4. The van der Waals surface area contributed by atoms with E-state index in [9.17, 15) is 14.7 Å². The van der Waals surface area contributed by atoms with E-state index < -0.39 is 17.8 Å². The standard InChI is InChI=1S/C15H21N3O3/c1-3-13-10(9-18(2)17-13)8-16-14(19)11-6-4-5-7-12(11)15(20)21/h4-5,9,11-12H,3,6-8H2,1-2H3,(H,16,19)(H,20,21)/t11-,12+/m1/s1. The molecular formula is C15H21N3O3. The first kappa shape index (κ1) is 15.3. The van der Waals surface area contributed by atoms with Crippen molar-refractivity contribution in [1.82, 2.24) is 15.1 Å². The molecule has 6 heteroatoms. The fraction of sp³-hybridized carbons (Fsp3) is 0.533. The van der Waals surface area contributed by atoms with Gasteiger partial charge in [0.05, 0.1) is 17.5 Å². The Hall–Kier alpha value is -2.11.